The zero-order chi connectivity index (χ0) is 20.6. The molecule has 5 nitrogen and oxygen atoms in total. The minimum atomic E-state index is -1.22. The maximum absolute atomic E-state index is 12.2. The van der Waals surface area contributed by atoms with E-state index in [4.69, 9.17) is 4.74 Å². The number of nitrogens with one attached hydrogen (secondary N) is 1. The number of carbonyl (C=O) groups excluding carboxylic acids is 1. The summed E-state index contributed by atoms with van der Waals surface area (Å²) < 4.78 is 6.73. The van der Waals surface area contributed by atoms with Crippen LogP contribution in [0.25, 0.3) is 6.08 Å². The van der Waals surface area contributed by atoms with Gasteiger partial charge >= 0.3 is 5.97 Å². The Morgan fingerprint density at radius 1 is 0.966 bits per heavy atom. The minimum Gasteiger partial charge on any atom is -0.489 e. The SMILES string of the molecule is O=C(O)/C(=C\c1ccc(OCc2cccc(Br)c2)cc1)NC(=O)c1ccccc1. The van der Waals surface area contributed by atoms with E-state index in [0.717, 1.165) is 10.0 Å². The lowest BCUT2D eigenvalue weighted by Crippen LogP contribution is -2.27. The van der Waals surface area contributed by atoms with Crippen LogP contribution in [0.3, 0.4) is 0 Å². The second kappa shape index (κ2) is 9.71. The monoisotopic (exact) mass is 451 g/mol. The van der Waals surface area contributed by atoms with Crippen molar-refractivity contribution in [2.24, 2.45) is 0 Å². The van der Waals surface area contributed by atoms with E-state index in [0.29, 0.717) is 23.5 Å². The van der Waals surface area contributed by atoms with Crippen molar-refractivity contribution in [1.29, 1.82) is 0 Å². The predicted octanol–water partition coefficient (Wildman–Crippen LogP) is 4.88. The van der Waals surface area contributed by atoms with Crippen molar-refractivity contribution in [3.05, 3.63) is 106 Å². The molecule has 3 rings (SSSR count). The zero-order valence-electron chi connectivity index (χ0n) is 15.3. The Morgan fingerprint density at radius 2 is 1.69 bits per heavy atom. The second-order valence-corrected chi connectivity index (χ2v) is 7.09. The number of carboxylic acid groups (broad SMARTS) is 1. The lowest BCUT2D eigenvalue weighted by Gasteiger charge is -2.08. The van der Waals surface area contributed by atoms with Gasteiger partial charge in [-0.05, 0) is 53.6 Å². The van der Waals surface area contributed by atoms with Gasteiger partial charge in [-0.2, -0.15) is 0 Å². The number of carboxylic acids is 1. The van der Waals surface area contributed by atoms with Crippen LogP contribution in [0.4, 0.5) is 0 Å². The molecule has 0 heterocycles. The van der Waals surface area contributed by atoms with E-state index in [1.54, 1.807) is 54.6 Å². The molecule has 3 aromatic carbocycles. The van der Waals surface area contributed by atoms with Crippen molar-refractivity contribution < 1.29 is 19.4 Å². The topological polar surface area (TPSA) is 75.6 Å². The predicted molar refractivity (Wildman–Crippen MR) is 114 cm³/mol. The van der Waals surface area contributed by atoms with Crippen LogP contribution < -0.4 is 10.1 Å². The fourth-order valence-electron chi connectivity index (χ4n) is 2.56. The highest BCUT2D eigenvalue weighted by atomic mass is 79.9. The van der Waals surface area contributed by atoms with Gasteiger partial charge in [0.15, 0.2) is 0 Å². The number of ether oxygens (including phenoxy) is 1. The molecule has 0 spiro atoms. The largest absolute Gasteiger partial charge is 0.489 e. The Hall–Kier alpha value is -3.38. The van der Waals surface area contributed by atoms with Gasteiger partial charge in [-0.15, -0.1) is 0 Å². The van der Waals surface area contributed by atoms with Gasteiger partial charge in [-0.25, -0.2) is 4.79 Å². The fourth-order valence-corrected chi connectivity index (χ4v) is 3.00. The van der Waals surface area contributed by atoms with E-state index < -0.39 is 11.9 Å². The molecule has 0 aliphatic heterocycles. The van der Waals surface area contributed by atoms with Gasteiger partial charge < -0.3 is 15.2 Å². The highest BCUT2D eigenvalue weighted by molar-refractivity contribution is 9.10. The van der Waals surface area contributed by atoms with Gasteiger partial charge in [0.2, 0.25) is 0 Å². The molecule has 0 atom stereocenters. The van der Waals surface area contributed by atoms with E-state index in [2.05, 4.69) is 21.2 Å². The fraction of sp³-hybridized carbons (Fsp3) is 0.0435. The third-order valence-electron chi connectivity index (χ3n) is 4.00. The van der Waals surface area contributed by atoms with Crippen LogP contribution >= 0.6 is 15.9 Å². The Morgan fingerprint density at radius 3 is 2.34 bits per heavy atom. The van der Waals surface area contributed by atoms with Crippen LogP contribution in [0.1, 0.15) is 21.5 Å². The lowest BCUT2D eigenvalue weighted by molar-refractivity contribution is -0.132. The molecule has 29 heavy (non-hydrogen) atoms. The van der Waals surface area contributed by atoms with Gasteiger partial charge in [0, 0.05) is 10.0 Å². The highest BCUT2D eigenvalue weighted by Crippen LogP contribution is 2.18. The average Bonchev–Trinajstić information content (AvgIpc) is 2.73. The number of amides is 1. The van der Waals surface area contributed by atoms with Crippen LogP contribution in [0.2, 0.25) is 0 Å². The van der Waals surface area contributed by atoms with Crippen molar-refractivity contribution in [2.45, 2.75) is 6.61 Å². The van der Waals surface area contributed by atoms with E-state index >= 15 is 0 Å². The average molecular weight is 452 g/mol. The summed E-state index contributed by atoms with van der Waals surface area (Å²) in [6.07, 6.45) is 1.40. The van der Waals surface area contributed by atoms with Crippen molar-refractivity contribution >= 4 is 33.9 Å². The third kappa shape index (κ3) is 6.05. The van der Waals surface area contributed by atoms with Crippen molar-refractivity contribution in [2.75, 3.05) is 0 Å². The van der Waals surface area contributed by atoms with Crippen LogP contribution in [0, 0.1) is 0 Å². The number of halogens is 1. The summed E-state index contributed by atoms with van der Waals surface area (Å²) >= 11 is 3.42. The van der Waals surface area contributed by atoms with Crippen LogP contribution in [-0.4, -0.2) is 17.0 Å². The van der Waals surface area contributed by atoms with Gasteiger partial charge in [0.25, 0.3) is 5.91 Å². The summed E-state index contributed by atoms with van der Waals surface area (Å²) in [4.78, 5) is 23.7. The summed E-state index contributed by atoms with van der Waals surface area (Å²) in [7, 11) is 0. The number of rotatable bonds is 7. The first-order chi connectivity index (χ1) is 14.0. The Balaban J connectivity index is 1.67. The molecule has 0 bridgehead atoms. The maximum atomic E-state index is 12.2. The molecule has 0 fully saturated rings. The zero-order valence-corrected chi connectivity index (χ0v) is 16.9. The smallest absolute Gasteiger partial charge is 0.352 e. The maximum Gasteiger partial charge on any atom is 0.352 e. The Kier molecular flexibility index (Phi) is 6.81. The van der Waals surface area contributed by atoms with E-state index in [1.807, 2.05) is 24.3 Å². The minimum absolute atomic E-state index is 0.207. The first-order valence-corrected chi connectivity index (χ1v) is 9.59. The highest BCUT2D eigenvalue weighted by Gasteiger charge is 2.13. The first-order valence-electron chi connectivity index (χ1n) is 8.80. The Bertz CT molecular complexity index is 1030. The summed E-state index contributed by atoms with van der Waals surface area (Å²) in [5, 5.41) is 11.8. The van der Waals surface area contributed by atoms with Gasteiger partial charge in [-0.3, -0.25) is 4.79 Å². The summed E-state index contributed by atoms with van der Waals surface area (Å²) in [6.45, 7) is 0.419. The van der Waals surface area contributed by atoms with E-state index in [-0.39, 0.29) is 5.70 Å². The first kappa shape index (κ1) is 20.4. The molecule has 0 aliphatic carbocycles. The lowest BCUT2D eigenvalue weighted by atomic mass is 10.1. The van der Waals surface area contributed by atoms with Crippen molar-refractivity contribution in [3.63, 3.8) is 0 Å². The van der Waals surface area contributed by atoms with Gasteiger partial charge in [-0.1, -0.05) is 58.4 Å². The molecule has 0 aromatic heterocycles. The summed E-state index contributed by atoms with van der Waals surface area (Å²) in [5.74, 6) is -1.04. The second-order valence-electron chi connectivity index (χ2n) is 6.17. The van der Waals surface area contributed by atoms with Crippen LogP contribution in [-0.2, 0) is 11.4 Å². The molecule has 0 unspecified atom stereocenters. The van der Waals surface area contributed by atoms with E-state index in [9.17, 15) is 14.7 Å². The van der Waals surface area contributed by atoms with Crippen molar-refractivity contribution in [3.8, 4) is 5.75 Å². The number of hydrogen-bond donors (Lipinski definition) is 2. The molecule has 6 heteroatoms. The number of benzene rings is 3. The third-order valence-corrected chi connectivity index (χ3v) is 4.49. The van der Waals surface area contributed by atoms with Gasteiger partial charge in [0.1, 0.15) is 18.1 Å². The van der Waals surface area contributed by atoms with Crippen LogP contribution in [0.15, 0.2) is 89.0 Å². The molecule has 0 radical (unpaired) electrons. The molecule has 0 saturated heterocycles. The molecule has 2 N–H and O–H groups in total. The van der Waals surface area contributed by atoms with E-state index in [1.165, 1.54) is 6.08 Å². The normalized spacial score (nSPS) is 11.0. The molecular formula is C23H18BrNO4. The Labute approximate surface area is 176 Å². The summed E-state index contributed by atoms with van der Waals surface area (Å²) in [5.41, 5.74) is 1.84. The quantitative estimate of drug-likeness (QED) is 0.501. The molecule has 1 amide bonds. The molecule has 146 valence electrons. The molecule has 3 aromatic rings. The number of hydrogen-bond acceptors (Lipinski definition) is 3. The molecule has 0 saturated carbocycles. The van der Waals surface area contributed by atoms with Crippen LogP contribution in [0.5, 0.6) is 5.75 Å². The molecule has 0 aliphatic rings. The number of carbonyl (C=O) groups is 2. The van der Waals surface area contributed by atoms with Crippen molar-refractivity contribution in [1.82, 2.24) is 5.32 Å². The number of aliphatic carboxylic acids is 1. The van der Waals surface area contributed by atoms with Gasteiger partial charge in [0.05, 0.1) is 0 Å². The summed E-state index contributed by atoms with van der Waals surface area (Å²) in [6, 6.07) is 23.2. The standard InChI is InChI=1S/C23H18BrNO4/c24-19-8-4-5-17(13-19)15-29-20-11-9-16(10-12-20)14-21(23(27)28)25-22(26)18-6-2-1-3-7-18/h1-14H,15H2,(H,25,26)(H,27,28)/b21-14+. The molecular weight excluding hydrogens is 434 g/mol.